The van der Waals surface area contributed by atoms with Crippen LogP contribution in [0.1, 0.15) is 11.1 Å². The molecule has 1 heterocycles. The number of hydrogen-bond acceptors (Lipinski definition) is 4. The molecule has 4 nitrogen and oxygen atoms in total. The van der Waals surface area contributed by atoms with Crippen molar-refractivity contribution < 1.29 is 0 Å². The van der Waals surface area contributed by atoms with Crippen LogP contribution in [0.15, 0.2) is 53.5 Å². The number of fused-ring (bicyclic) bond motifs is 1. The fraction of sp³-hybridized carbons (Fsp3) is 0.125. The van der Waals surface area contributed by atoms with Gasteiger partial charge in [-0.2, -0.15) is 5.26 Å². The van der Waals surface area contributed by atoms with Gasteiger partial charge in [-0.25, -0.2) is 4.99 Å². The van der Waals surface area contributed by atoms with Gasteiger partial charge in [0.05, 0.1) is 17.9 Å². The van der Waals surface area contributed by atoms with Gasteiger partial charge in [-0.3, -0.25) is 10.4 Å². The lowest BCUT2D eigenvalue weighted by molar-refractivity contribution is 0.776. The summed E-state index contributed by atoms with van der Waals surface area (Å²) < 4.78 is 0. The third kappa shape index (κ3) is 2.21. The summed E-state index contributed by atoms with van der Waals surface area (Å²) in [7, 11) is 0. The summed E-state index contributed by atoms with van der Waals surface area (Å²) >= 11 is 0. The van der Waals surface area contributed by atoms with E-state index in [1.165, 1.54) is 0 Å². The van der Waals surface area contributed by atoms with Crippen molar-refractivity contribution in [1.82, 2.24) is 5.43 Å². The molecule has 1 N–H and O–H groups in total. The number of aliphatic imine (C=N–C) groups is 1. The van der Waals surface area contributed by atoms with E-state index in [2.05, 4.69) is 16.5 Å². The maximum absolute atomic E-state index is 9.23. The van der Waals surface area contributed by atoms with E-state index in [1.807, 2.05) is 60.5 Å². The molecule has 2 aromatic carbocycles. The van der Waals surface area contributed by atoms with E-state index in [4.69, 9.17) is 0 Å². The van der Waals surface area contributed by atoms with Gasteiger partial charge in [0.25, 0.3) is 0 Å². The Morgan fingerprint density at radius 3 is 2.70 bits per heavy atom. The number of para-hydroxylation sites is 2. The summed E-state index contributed by atoms with van der Waals surface area (Å²) in [5, 5.41) is 11.2. The summed E-state index contributed by atoms with van der Waals surface area (Å²) in [5.74, 6) is 0.307. The molecule has 2 aromatic rings. The lowest BCUT2D eigenvalue weighted by Crippen LogP contribution is -2.40. The molecule has 20 heavy (non-hydrogen) atoms. The molecule has 0 aromatic heterocycles. The normalized spacial score (nSPS) is 13.6. The van der Waals surface area contributed by atoms with E-state index < -0.39 is 0 Å². The van der Waals surface area contributed by atoms with Crippen molar-refractivity contribution in [1.29, 1.82) is 5.26 Å². The van der Waals surface area contributed by atoms with Crippen molar-refractivity contribution in [2.45, 2.75) is 13.5 Å². The number of nitrogens with zero attached hydrogens (tertiary/aromatic N) is 3. The van der Waals surface area contributed by atoms with E-state index >= 15 is 0 Å². The van der Waals surface area contributed by atoms with Gasteiger partial charge < -0.3 is 0 Å². The third-order valence-corrected chi connectivity index (χ3v) is 3.29. The first-order valence-corrected chi connectivity index (χ1v) is 6.44. The minimum Gasteiger partial charge on any atom is -0.282 e. The fourth-order valence-electron chi connectivity index (χ4n) is 2.30. The Balaban J connectivity index is 2.08. The zero-order valence-corrected chi connectivity index (χ0v) is 11.2. The molecule has 3 rings (SSSR count). The number of aryl methyl sites for hydroxylation is 1. The number of nitriles is 1. The number of hydrogen-bond donors (Lipinski definition) is 1. The smallest absolute Gasteiger partial charge is 0.225 e. The zero-order valence-electron chi connectivity index (χ0n) is 11.2. The molecule has 1 aliphatic rings. The maximum atomic E-state index is 9.23. The monoisotopic (exact) mass is 262 g/mol. The van der Waals surface area contributed by atoms with E-state index in [-0.39, 0.29) is 0 Å². The second kappa shape index (κ2) is 5.06. The first-order valence-electron chi connectivity index (χ1n) is 6.44. The van der Waals surface area contributed by atoms with Crippen LogP contribution in [0.4, 0.5) is 11.4 Å². The van der Waals surface area contributed by atoms with Gasteiger partial charge >= 0.3 is 0 Å². The van der Waals surface area contributed by atoms with Gasteiger partial charge in [0.15, 0.2) is 0 Å². The van der Waals surface area contributed by atoms with Crippen LogP contribution in [0.2, 0.25) is 0 Å². The Bertz CT molecular complexity index is 698. The van der Waals surface area contributed by atoms with Crippen molar-refractivity contribution >= 4 is 17.2 Å². The Hall–Kier alpha value is -2.80. The van der Waals surface area contributed by atoms with E-state index in [9.17, 15) is 5.26 Å². The first-order chi connectivity index (χ1) is 9.78. The summed E-state index contributed by atoms with van der Waals surface area (Å²) in [5.41, 5.74) is 7.15. The molecule has 0 radical (unpaired) electrons. The molecule has 0 spiro atoms. The standard InChI is InChI=1S/C16H14N4/c1-12-6-5-7-13-11-20(14-8-3-2-4-9-14)19-15(10-17)18-16(12)13/h2-9H,11H2,1H3,(H,18,19). The molecule has 98 valence electrons. The average molecular weight is 262 g/mol. The predicted octanol–water partition coefficient (Wildman–Crippen LogP) is 3.07. The van der Waals surface area contributed by atoms with Gasteiger partial charge in [0, 0.05) is 0 Å². The minimum absolute atomic E-state index is 0.307. The second-order valence-electron chi connectivity index (χ2n) is 4.69. The van der Waals surface area contributed by atoms with Gasteiger partial charge in [-0.05, 0) is 30.2 Å². The van der Waals surface area contributed by atoms with Crippen molar-refractivity contribution in [3.63, 3.8) is 0 Å². The molecule has 0 saturated carbocycles. The van der Waals surface area contributed by atoms with Crippen LogP contribution >= 0.6 is 0 Å². The van der Waals surface area contributed by atoms with Crippen LogP contribution in [-0.4, -0.2) is 5.84 Å². The molecule has 1 aliphatic heterocycles. The Morgan fingerprint density at radius 2 is 1.95 bits per heavy atom. The highest BCUT2D eigenvalue weighted by Crippen LogP contribution is 2.28. The molecule has 0 aliphatic carbocycles. The van der Waals surface area contributed by atoms with Crippen LogP contribution in [0.5, 0.6) is 0 Å². The van der Waals surface area contributed by atoms with Gasteiger partial charge in [-0.1, -0.05) is 36.4 Å². The lowest BCUT2D eigenvalue weighted by Gasteiger charge is -2.23. The third-order valence-electron chi connectivity index (χ3n) is 3.29. The topological polar surface area (TPSA) is 51.4 Å². The number of nitrogens with one attached hydrogen (secondary N) is 1. The summed E-state index contributed by atoms with van der Waals surface area (Å²) in [6, 6.07) is 18.1. The Kier molecular flexibility index (Phi) is 3.10. The second-order valence-corrected chi connectivity index (χ2v) is 4.69. The Labute approximate surface area is 118 Å². The SMILES string of the molecule is Cc1cccc2c1N=C(C#N)NN(c1ccccc1)C2. The van der Waals surface area contributed by atoms with E-state index in [0.717, 1.165) is 22.5 Å². The van der Waals surface area contributed by atoms with Crippen molar-refractivity contribution in [2.24, 2.45) is 4.99 Å². The van der Waals surface area contributed by atoms with Gasteiger partial charge in [0.2, 0.25) is 5.84 Å². The molecule has 4 heteroatoms. The van der Waals surface area contributed by atoms with Gasteiger partial charge in [-0.15, -0.1) is 0 Å². The molecule has 0 bridgehead atoms. The number of anilines is 1. The Morgan fingerprint density at radius 1 is 1.15 bits per heavy atom. The summed E-state index contributed by atoms with van der Waals surface area (Å²) in [6.45, 7) is 2.67. The van der Waals surface area contributed by atoms with Crippen LogP contribution in [0.3, 0.4) is 0 Å². The highest BCUT2D eigenvalue weighted by Gasteiger charge is 2.17. The molecular weight excluding hydrogens is 248 g/mol. The van der Waals surface area contributed by atoms with E-state index in [1.54, 1.807) is 0 Å². The quantitative estimate of drug-likeness (QED) is 0.859. The molecule has 0 amide bonds. The minimum atomic E-state index is 0.307. The maximum Gasteiger partial charge on any atom is 0.225 e. The number of rotatable bonds is 1. The van der Waals surface area contributed by atoms with Crippen LogP contribution < -0.4 is 10.4 Å². The summed E-state index contributed by atoms with van der Waals surface area (Å²) in [6.07, 6.45) is 0. The molecule has 0 atom stereocenters. The van der Waals surface area contributed by atoms with Crippen LogP contribution in [-0.2, 0) is 6.54 Å². The van der Waals surface area contributed by atoms with Crippen LogP contribution in [0, 0.1) is 18.3 Å². The largest absolute Gasteiger partial charge is 0.282 e. The van der Waals surface area contributed by atoms with Crippen LogP contribution in [0.25, 0.3) is 0 Å². The zero-order chi connectivity index (χ0) is 13.9. The van der Waals surface area contributed by atoms with Gasteiger partial charge in [0.1, 0.15) is 6.07 Å². The molecular formula is C16H14N4. The fourth-order valence-corrected chi connectivity index (χ4v) is 2.30. The summed E-state index contributed by atoms with van der Waals surface area (Å²) in [4.78, 5) is 4.44. The molecule has 0 unspecified atom stereocenters. The first kappa shape index (κ1) is 12.2. The highest BCUT2D eigenvalue weighted by molar-refractivity contribution is 5.99. The molecule has 0 saturated heterocycles. The lowest BCUT2D eigenvalue weighted by atomic mass is 10.1. The molecule has 0 fully saturated rings. The highest BCUT2D eigenvalue weighted by atomic mass is 15.5. The van der Waals surface area contributed by atoms with Crippen molar-refractivity contribution in [2.75, 3.05) is 5.01 Å². The number of amidine groups is 1. The predicted molar refractivity (Wildman–Crippen MR) is 79.6 cm³/mol. The van der Waals surface area contributed by atoms with Crippen molar-refractivity contribution in [3.8, 4) is 6.07 Å². The number of hydrazine groups is 1. The number of benzene rings is 2. The average Bonchev–Trinajstić information content (AvgIpc) is 2.68. The van der Waals surface area contributed by atoms with E-state index in [0.29, 0.717) is 12.4 Å². The van der Waals surface area contributed by atoms with Crippen molar-refractivity contribution in [3.05, 3.63) is 59.7 Å².